The summed E-state index contributed by atoms with van der Waals surface area (Å²) in [6, 6.07) is 3.42. The zero-order valence-corrected chi connectivity index (χ0v) is 18.4. The van der Waals surface area contributed by atoms with Gasteiger partial charge in [0.1, 0.15) is 5.75 Å². The molecule has 2 aromatic rings. The van der Waals surface area contributed by atoms with Crippen molar-refractivity contribution in [1.82, 2.24) is 4.40 Å². The first kappa shape index (κ1) is 22.8. The second-order valence-corrected chi connectivity index (χ2v) is 8.18. The van der Waals surface area contributed by atoms with Crippen LogP contribution in [0.3, 0.4) is 0 Å². The number of pyridine rings is 1. The SMILES string of the molecule is CC.NC(=O)C(=O)c1c(C2CC2)c(CC2CCCCC2)n2cccc(OCC(=O)O)c12. The molecule has 0 spiro atoms. The number of aromatic nitrogens is 1. The maximum Gasteiger partial charge on any atom is 0.341 e. The van der Waals surface area contributed by atoms with Crippen molar-refractivity contribution in [1.29, 1.82) is 0 Å². The van der Waals surface area contributed by atoms with E-state index in [2.05, 4.69) is 0 Å². The lowest BCUT2D eigenvalue weighted by Crippen LogP contribution is -2.24. The first-order valence-electron chi connectivity index (χ1n) is 11.3. The number of aliphatic carboxylic acids is 1. The van der Waals surface area contributed by atoms with Gasteiger partial charge in [-0.15, -0.1) is 0 Å². The monoisotopic (exact) mass is 428 g/mol. The number of nitrogens with two attached hydrogens (primary N) is 1. The van der Waals surface area contributed by atoms with E-state index in [4.69, 9.17) is 15.6 Å². The summed E-state index contributed by atoms with van der Waals surface area (Å²) in [4.78, 5) is 35.7. The van der Waals surface area contributed by atoms with Crippen molar-refractivity contribution in [3.05, 3.63) is 35.2 Å². The molecule has 0 bridgehead atoms. The highest BCUT2D eigenvalue weighted by Gasteiger charge is 2.37. The van der Waals surface area contributed by atoms with Gasteiger partial charge in [0.05, 0.1) is 11.1 Å². The van der Waals surface area contributed by atoms with Crippen molar-refractivity contribution in [2.24, 2.45) is 11.7 Å². The molecular weight excluding hydrogens is 396 g/mol. The number of carboxylic acids is 1. The molecule has 7 nitrogen and oxygen atoms in total. The zero-order valence-electron chi connectivity index (χ0n) is 18.4. The van der Waals surface area contributed by atoms with E-state index in [0.717, 1.165) is 43.4 Å². The standard InChI is InChI=1S/C22H26N2O5.C2H6/c23-22(28)21(27)19-18(14-8-9-14)15(11-13-5-2-1-3-6-13)24-10-4-7-16(20(19)24)29-12-17(25)26;1-2/h4,7,10,13-14H,1-3,5-6,8-9,11-12H2,(H2,23,28)(H,25,26);1-2H3. The molecule has 7 heteroatoms. The predicted octanol–water partition coefficient (Wildman–Crippen LogP) is 4.10. The van der Waals surface area contributed by atoms with Gasteiger partial charge in [0.25, 0.3) is 11.7 Å². The Kier molecular flexibility index (Phi) is 7.36. The summed E-state index contributed by atoms with van der Waals surface area (Å²) in [5, 5.41) is 9.02. The van der Waals surface area contributed by atoms with Crippen LogP contribution >= 0.6 is 0 Å². The van der Waals surface area contributed by atoms with Gasteiger partial charge in [-0.1, -0.05) is 46.0 Å². The lowest BCUT2D eigenvalue weighted by atomic mass is 9.84. The molecule has 2 saturated carbocycles. The van der Waals surface area contributed by atoms with Crippen LogP contribution in [0.4, 0.5) is 0 Å². The average molecular weight is 429 g/mol. The van der Waals surface area contributed by atoms with Crippen molar-refractivity contribution < 1.29 is 24.2 Å². The van der Waals surface area contributed by atoms with Gasteiger partial charge >= 0.3 is 5.97 Å². The maximum absolute atomic E-state index is 12.8. The summed E-state index contributed by atoms with van der Waals surface area (Å²) in [6.07, 6.45) is 10.7. The maximum atomic E-state index is 12.8. The summed E-state index contributed by atoms with van der Waals surface area (Å²) in [5.74, 6) is -1.77. The normalized spacial score (nSPS) is 16.5. The molecular formula is C24H32N2O5. The van der Waals surface area contributed by atoms with Gasteiger partial charge in [-0.05, 0) is 48.8 Å². The number of ketones is 1. The number of nitrogens with zero attached hydrogens (tertiary/aromatic N) is 1. The summed E-state index contributed by atoms with van der Waals surface area (Å²) in [7, 11) is 0. The quantitative estimate of drug-likeness (QED) is 0.486. The van der Waals surface area contributed by atoms with E-state index in [-0.39, 0.29) is 11.7 Å². The van der Waals surface area contributed by atoms with E-state index < -0.39 is 24.3 Å². The summed E-state index contributed by atoms with van der Waals surface area (Å²) in [5.41, 5.74) is 8.09. The minimum absolute atomic E-state index is 0.235. The van der Waals surface area contributed by atoms with Crippen molar-refractivity contribution in [3.8, 4) is 5.75 Å². The number of carbonyl (C=O) groups excluding carboxylic acids is 2. The molecule has 1 amide bonds. The van der Waals surface area contributed by atoms with Crippen LogP contribution in [0, 0.1) is 5.92 Å². The van der Waals surface area contributed by atoms with E-state index >= 15 is 0 Å². The fourth-order valence-electron chi connectivity index (χ4n) is 4.65. The first-order chi connectivity index (χ1) is 15.0. The largest absolute Gasteiger partial charge is 0.480 e. The Labute approximate surface area is 182 Å². The number of hydrogen-bond acceptors (Lipinski definition) is 4. The van der Waals surface area contributed by atoms with Crippen LogP contribution in [0.2, 0.25) is 0 Å². The number of carboxylic acid groups (broad SMARTS) is 1. The summed E-state index contributed by atoms with van der Waals surface area (Å²) >= 11 is 0. The van der Waals surface area contributed by atoms with E-state index in [1.165, 1.54) is 19.3 Å². The molecule has 31 heavy (non-hydrogen) atoms. The molecule has 2 aliphatic carbocycles. The number of Topliss-reactive ketones (excluding diaryl/α,β-unsaturated/α-hetero) is 1. The van der Waals surface area contributed by atoms with Gasteiger partial charge in [-0.25, -0.2) is 4.79 Å². The molecule has 0 aromatic carbocycles. The van der Waals surface area contributed by atoms with Crippen molar-refractivity contribution in [3.63, 3.8) is 0 Å². The summed E-state index contributed by atoms with van der Waals surface area (Å²) in [6.45, 7) is 3.48. The molecule has 0 aliphatic heterocycles. The van der Waals surface area contributed by atoms with Crippen LogP contribution in [-0.4, -0.2) is 33.8 Å². The van der Waals surface area contributed by atoms with Gasteiger partial charge < -0.3 is 20.0 Å². The van der Waals surface area contributed by atoms with E-state index in [1.54, 1.807) is 12.1 Å². The Bertz CT molecular complexity index is 968. The predicted molar refractivity (Wildman–Crippen MR) is 118 cm³/mol. The highest BCUT2D eigenvalue weighted by molar-refractivity contribution is 6.44. The Morgan fingerprint density at radius 1 is 1.13 bits per heavy atom. The number of primary amides is 1. The molecule has 0 unspecified atom stereocenters. The molecule has 2 heterocycles. The van der Waals surface area contributed by atoms with Crippen LogP contribution in [0.15, 0.2) is 18.3 Å². The van der Waals surface area contributed by atoms with Gasteiger partial charge in [-0.2, -0.15) is 0 Å². The topological polar surface area (TPSA) is 111 Å². The second kappa shape index (κ2) is 9.98. The molecule has 2 aromatic heterocycles. The van der Waals surface area contributed by atoms with Crippen molar-refractivity contribution >= 4 is 23.2 Å². The fraction of sp³-hybridized carbons (Fsp3) is 0.542. The van der Waals surface area contributed by atoms with E-state index in [9.17, 15) is 14.4 Å². The van der Waals surface area contributed by atoms with Crippen LogP contribution in [0.25, 0.3) is 5.52 Å². The molecule has 0 atom stereocenters. The number of rotatable bonds is 8. The average Bonchev–Trinajstić information content (AvgIpc) is 3.56. The molecule has 0 radical (unpaired) electrons. The molecule has 4 rings (SSSR count). The molecule has 2 aliphatic rings. The van der Waals surface area contributed by atoms with Crippen molar-refractivity contribution in [2.75, 3.05) is 6.61 Å². The number of amides is 1. The second-order valence-electron chi connectivity index (χ2n) is 8.18. The number of ether oxygens (including phenoxy) is 1. The summed E-state index contributed by atoms with van der Waals surface area (Å²) < 4.78 is 7.41. The molecule has 0 saturated heterocycles. The lowest BCUT2D eigenvalue weighted by Gasteiger charge is -2.22. The number of carbonyl (C=O) groups is 3. The Balaban J connectivity index is 0.00000132. The smallest absolute Gasteiger partial charge is 0.341 e. The van der Waals surface area contributed by atoms with Crippen LogP contribution in [0.1, 0.15) is 86.3 Å². The van der Waals surface area contributed by atoms with Gasteiger partial charge in [0.15, 0.2) is 6.61 Å². The molecule has 3 N–H and O–H groups in total. The lowest BCUT2D eigenvalue weighted by molar-refractivity contribution is -0.139. The Morgan fingerprint density at radius 3 is 2.39 bits per heavy atom. The van der Waals surface area contributed by atoms with Gasteiger partial charge in [-0.3, -0.25) is 9.59 Å². The third-order valence-corrected chi connectivity index (χ3v) is 6.06. The zero-order chi connectivity index (χ0) is 22.5. The third kappa shape index (κ3) is 4.92. The van der Waals surface area contributed by atoms with E-state index in [1.807, 2.05) is 24.4 Å². The highest BCUT2D eigenvalue weighted by Crippen LogP contribution is 2.47. The van der Waals surface area contributed by atoms with E-state index in [0.29, 0.717) is 17.0 Å². The van der Waals surface area contributed by atoms with Crippen LogP contribution in [-0.2, 0) is 16.0 Å². The first-order valence-corrected chi connectivity index (χ1v) is 11.3. The highest BCUT2D eigenvalue weighted by atomic mass is 16.5. The van der Waals surface area contributed by atoms with Crippen LogP contribution < -0.4 is 10.5 Å². The number of hydrogen-bond donors (Lipinski definition) is 2. The molecule has 2 fully saturated rings. The third-order valence-electron chi connectivity index (χ3n) is 6.06. The van der Waals surface area contributed by atoms with Crippen LogP contribution in [0.5, 0.6) is 5.75 Å². The van der Waals surface area contributed by atoms with Gasteiger partial charge in [0.2, 0.25) is 0 Å². The molecule has 168 valence electrons. The Morgan fingerprint density at radius 2 is 1.81 bits per heavy atom. The fourth-order valence-corrected chi connectivity index (χ4v) is 4.65. The van der Waals surface area contributed by atoms with Gasteiger partial charge in [0, 0.05) is 11.9 Å². The Hall–Kier alpha value is -2.83. The minimum Gasteiger partial charge on any atom is -0.480 e. The number of fused-ring (bicyclic) bond motifs is 1. The van der Waals surface area contributed by atoms with Crippen molar-refractivity contribution in [2.45, 2.75) is 71.1 Å². The minimum atomic E-state index is -1.11.